The Bertz CT molecular complexity index is 2370. The molecule has 0 aromatic carbocycles. The first kappa shape index (κ1) is 91.9. The second-order valence-corrected chi connectivity index (χ2v) is 21.3. The summed E-state index contributed by atoms with van der Waals surface area (Å²) in [5, 5.41) is -0.160. The van der Waals surface area contributed by atoms with Gasteiger partial charge in [0, 0.05) is 31.2 Å². The van der Waals surface area contributed by atoms with Gasteiger partial charge in [-0.05, 0) is 50.4 Å². The molecular weight excluding hydrogens is 1570 g/mol. The predicted molar refractivity (Wildman–Crippen MR) is 214 cm³/mol. The van der Waals surface area contributed by atoms with Gasteiger partial charge in [-0.2, -0.15) is 224 Å². The Hall–Kier alpha value is -3.13. The molecular formula is C42H34BrF51O. The third kappa shape index (κ3) is 14.7. The standard InChI is InChI=1S/C42H34BrF51O/c43-15-7-8-16-95-17-18(13-14-21(48,49)24(54,55)27(60,61)30(66,67)33(72,73)36(78,79)39(84,85)42(92,93)94,9-3-1-5-11-19(44,45)22(50,51)25(56,57)28(62,63)31(68,69)34(74,75)37(80,81)40(86,87)88)10-4-2-6-12-20(46,47)23(52,53)26(58,59)29(64,65)32(70,71)35(76,77)38(82,83)41(89,90)91/h1-17H2. The van der Waals surface area contributed by atoms with Crippen molar-refractivity contribution in [1.82, 2.24) is 0 Å². The van der Waals surface area contributed by atoms with E-state index >= 15 is 8.78 Å². The molecule has 0 N–H and O–H groups in total. The van der Waals surface area contributed by atoms with Gasteiger partial charge in [0.05, 0.1) is 6.61 Å². The van der Waals surface area contributed by atoms with Crippen LogP contribution in [0.3, 0.4) is 0 Å². The molecule has 0 heterocycles. The lowest BCUT2D eigenvalue weighted by Gasteiger charge is -2.43. The number of hydrogen-bond donors (Lipinski definition) is 0. The van der Waals surface area contributed by atoms with Gasteiger partial charge in [-0.3, -0.25) is 0 Å². The lowest BCUT2D eigenvalue weighted by Crippen LogP contribution is -2.74. The fourth-order valence-electron chi connectivity index (χ4n) is 7.71. The van der Waals surface area contributed by atoms with Gasteiger partial charge in [0.15, 0.2) is 0 Å². The molecule has 572 valence electrons. The van der Waals surface area contributed by atoms with Crippen LogP contribution in [-0.2, 0) is 4.74 Å². The fourth-order valence-corrected chi connectivity index (χ4v) is 8.11. The molecule has 0 fully saturated rings. The van der Waals surface area contributed by atoms with E-state index in [9.17, 15) is 215 Å². The van der Waals surface area contributed by atoms with Gasteiger partial charge in [-0.1, -0.05) is 41.6 Å². The number of halogens is 52. The first-order valence-electron chi connectivity index (χ1n) is 24.2. The molecule has 0 aromatic heterocycles. The van der Waals surface area contributed by atoms with Gasteiger partial charge in [0.1, 0.15) is 0 Å². The van der Waals surface area contributed by atoms with Crippen molar-refractivity contribution in [2.75, 3.05) is 18.5 Å². The molecule has 0 saturated heterocycles. The van der Waals surface area contributed by atoms with Crippen molar-refractivity contribution < 1.29 is 229 Å². The highest BCUT2D eigenvalue weighted by Crippen LogP contribution is 2.69. The molecule has 1 nitrogen and oxygen atoms in total. The summed E-state index contributed by atoms with van der Waals surface area (Å²) >= 11 is 2.71. The highest BCUT2D eigenvalue weighted by molar-refractivity contribution is 9.09. The summed E-state index contributed by atoms with van der Waals surface area (Å²) in [7, 11) is 0. The zero-order chi connectivity index (χ0) is 77.2. The molecule has 0 saturated carbocycles. The van der Waals surface area contributed by atoms with E-state index in [1.54, 1.807) is 0 Å². The van der Waals surface area contributed by atoms with Crippen LogP contribution in [0.1, 0.15) is 89.9 Å². The number of unbranched alkanes of at least 4 members (excludes halogenated alkanes) is 5. The summed E-state index contributed by atoms with van der Waals surface area (Å²) in [6.07, 6.45) is -53.8. The van der Waals surface area contributed by atoms with Gasteiger partial charge in [-0.15, -0.1) is 0 Å². The van der Waals surface area contributed by atoms with Gasteiger partial charge in [-0.25, -0.2) is 0 Å². The predicted octanol–water partition coefficient (Wildman–Crippen LogP) is 22.9. The van der Waals surface area contributed by atoms with Crippen LogP contribution in [0.25, 0.3) is 0 Å². The Labute approximate surface area is 501 Å². The summed E-state index contributed by atoms with van der Waals surface area (Å²) in [6.45, 7) is -2.88. The zero-order valence-electron chi connectivity index (χ0n) is 44.6. The van der Waals surface area contributed by atoms with Gasteiger partial charge < -0.3 is 4.74 Å². The Kier molecular flexibility index (Phi) is 26.1. The third-order valence-corrected chi connectivity index (χ3v) is 14.4. The fraction of sp³-hybridized carbons (Fsp3) is 1.00. The highest BCUT2D eigenvalue weighted by atomic mass is 79.9. The molecule has 0 amide bonds. The monoisotopic (exact) mass is 1600 g/mol. The highest BCUT2D eigenvalue weighted by Gasteiger charge is 2.98. The van der Waals surface area contributed by atoms with Crippen molar-refractivity contribution in [3.05, 3.63) is 0 Å². The summed E-state index contributed by atoms with van der Waals surface area (Å²) in [5.41, 5.74) is -3.33. The number of alkyl halides is 52. The van der Waals surface area contributed by atoms with Crippen LogP contribution in [-0.4, -0.2) is 161 Å². The van der Waals surface area contributed by atoms with Crippen LogP contribution in [0, 0.1) is 5.41 Å². The Morgan fingerprint density at radius 2 is 0.368 bits per heavy atom. The van der Waals surface area contributed by atoms with E-state index in [-0.39, 0.29) is 11.8 Å². The van der Waals surface area contributed by atoms with E-state index in [0.29, 0.717) is 0 Å². The molecule has 0 rings (SSSR count). The van der Waals surface area contributed by atoms with Crippen LogP contribution in [0.5, 0.6) is 0 Å². The molecule has 0 aliphatic rings. The molecule has 0 spiro atoms. The smallest absolute Gasteiger partial charge is 0.381 e. The summed E-state index contributed by atoms with van der Waals surface area (Å²) in [6, 6.07) is 0. The van der Waals surface area contributed by atoms with Crippen LogP contribution >= 0.6 is 15.9 Å². The molecule has 0 radical (unpaired) electrons. The van der Waals surface area contributed by atoms with E-state index in [0.717, 1.165) is 0 Å². The number of hydrogen-bond acceptors (Lipinski definition) is 1. The zero-order valence-corrected chi connectivity index (χ0v) is 46.2. The normalized spacial score (nSPS) is 16.5. The second kappa shape index (κ2) is 27.0. The van der Waals surface area contributed by atoms with E-state index in [1.807, 2.05) is 0 Å². The molecule has 53 heteroatoms. The topological polar surface area (TPSA) is 9.23 Å². The maximum absolute atomic E-state index is 15.3. The molecule has 0 unspecified atom stereocenters. The Morgan fingerprint density at radius 1 is 0.179 bits per heavy atom. The average Bonchev–Trinajstić information content (AvgIpc) is 0.709. The van der Waals surface area contributed by atoms with E-state index in [1.165, 1.54) is 0 Å². The van der Waals surface area contributed by atoms with Crippen molar-refractivity contribution in [3.8, 4) is 0 Å². The lowest BCUT2D eigenvalue weighted by molar-refractivity contribution is -0.462. The molecule has 0 aromatic rings. The van der Waals surface area contributed by atoms with Crippen molar-refractivity contribution >= 4 is 15.9 Å². The van der Waals surface area contributed by atoms with Crippen LogP contribution < -0.4 is 0 Å². The van der Waals surface area contributed by atoms with Gasteiger partial charge in [0.25, 0.3) is 0 Å². The minimum Gasteiger partial charge on any atom is -0.381 e. The first-order valence-corrected chi connectivity index (χ1v) is 25.3. The average molecular weight is 1600 g/mol. The minimum atomic E-state index is -9.32. The summed E-state index contributed by atoms with van der Waals surface area (Å²) in [5.74, 6) is -183. The van der Waals surface area contributed by atoms with Gasteiger partial charge in [0.2, 0.25) is 0 Å². The lowest BCUT2D eigenvalue weighted by atomic mass is 9.73. The number of ether oxygens (including phenoxy) is 1. The van der Waals surface area contributed by atoms with E-state index < -0.39 is 245 Å². The van der Waals surface area contributed by atoms with Crippen molar-refractivity contribution in [2.24, 2.45) is 5.41 Å². The third-order valence-electron chi connectivity index (χ3n) is 13.8. The van der Waals surface area contributed by atoms with Crippen molar-refractivity contribution in [1.29, 1.82) is 0 Å². The van der Waals surface area contributed by atoms with Crippen LogP contribution in [0.4, 0.5) is 224 Å². The Morgan fingerprint density at radius 3 is 0.579 bits per heavy atom. The summed E-state index contributed by atoms with van der Waals surface area (Å²) < 4.78 is 712. The minimum absolute atomic E-state index is 0.160. The maximum Gasteiger partial charge on any atom is 0.460 e. The quantitative estimate of drug-likeness (QED) is 0.0339. The van der Waals surface area contributed by atoms with Gasteiger partial charge >= 0.3 is 143 Å². The van der Waals surface area contributed by atoms with E-state index in [2.05, 4.69) is 15.9 Å². The summed E-state index contributed by atoms with van der Waals surface area (Å²) in [4.78, 5) is 0. The number of rotatable bonds is 39. The van der Waals surface area contributed by atoms with Crippen LogP contribution in [0.15, 0.2) is 0 Å². The molecule has 95 heavy (non-hydrogen) atoms. The van der Waals surface area contributed by atoms with Crippen molar-refractivity contribution in [2.45, 2.75) is 233 Å². The van der Waals surface area contributed by atoms with Crippen molar-refractivity contribution in [3.63, 3.8) is 0 Å². The molecule has 0 atom stereocenters. The maximum atomic E-state index is 15.3. The molecule has 0 aliphatic heterocycles. The Balaban J connectivity index is 7.91. The van der Waals surface area contributed by atoms with E-state index in [4.69, 9.17) is 4.74 Å². The van der Waals surface area contributed by atoms with Crippen LogP contribution in [0.2, 0.25) is 0 Å². The second-order valence-electron chi connectivity index (χ2n) is 20.5. The first-order chi connectivity index (χ1) is 40.9. The molecule has 0 bridgehead atoms. The molecule has 0 aliphatic carbocycles. The SMILES string of the molecule is FC(F)(F)C(F)(F)C(F)(F)C(F)(F)C(F)(F)C(F)(F)C(F)(F)C(F)(F)CCCCCC(CCCCCC(F)(F)C(F)(F)C(F)(F)C(F)(F)C(F)(F)C(F)(F)C(F)(F)C(F)(F)F)(CCC(F)(F)C(F)(F)C(F)(F)C(F)(F)C(F)(F)C(F)(F)C(F)(F)C(F)(F)F)COCCCCBr. The largest absolute Gasteiger partial charge is 0.460 e.